The van der Waals surface area contributed by atoms with Gasteiger partial charge in [-0.1, -0.05) is 22.6 Å². The van der Waals surface area contributed by atoms with Crippen LogP contribution >= 0.6 is 22.6 Å². The molecule has 4 heavy (non-hydrogen) atoms. The van der Waals surface area contributed by atoms with Crippen molar-refractivity contribution in [3.05, 3.63) is 0 Å². The van der Waals surface area contributed by atoms with Crippen molar-refractivity contribution in [1.82, 2.24) is 0 Å². The van der Waals surface area contributed by atoms with Gasteiger partial charge >= 0.3 is 0 Å². The molecule has 2 nitrogen and oxygen atoms in total. The first kappa shape index (κ1) is 4.65. The van der Waals surface area contributed by atoms with Gasteiger partial charge in [-0.2, -0.15) is 0 Å². The van der Waals surface area contributed by atoms with E-state index >= 15 is 0 Å². The predicted octanol–water partition coefficient (Wildman–Crippen LogP) is 0.869. The van der Waals surface area contributed by atoms with Crippen molar-refractivity contribution >= 4 is 22.6 Å². The van der Waals surface area contributed by atoms with Gasteiger partial charge in [-0.3, -0.25) is 5.26 Å². The van der Waals surface area contributed by atoms with Gasteiger partial charge < -0.3 is 0 Å². The van der Waals surface area contributed by atoms with Gasteiger partial charge in [0.15, 0.2) is 0 Å². The van der Waals surface area contributed by atoms with Crippen molar-refractivity contribution in [2.45, 2.75) is 0 Å². The fraction of sp³-hybridized carbons (Fsp3) is 1.00. The second kappa shape index (κ2) is 3.65. The molecule has 0 unspecified atom stereocenters. The van der Waals surface area contributed by atoms with Crippen LogP contribution in [0, 0.1) is 0 Å². The van der Waals surface area contributed by atoms with Gasteiger partial charge in [-0.25, -0.2) is 4.89 Å². The lowest BCUT2D eigenvalue weighted by Crippen LogP contribution is -1.69. The molecule has 0 amide bonds. The molecule has 0 aromatic rings. The molecule has 0 atom stereocenters. The van der Waals surface area contributed by atoms with Crippen molar-refractivity contribution < 1.29 is 10.1 Å². The third-order valence-electron chi connectivity index (χ3n) is 0.0488. The van der Waals surface area contributed by atoms with E-state index in [0.29, 0.717) is 4.61 Å². The topological polar surface area (TPSA) is 29.5 Å². The zero-order valence-electron chi connectivity index (χ0n) is 1.94. The van der Waals surface area contributed by atoms with Crippen LogP contribution in [0.1, 0.15) is 0 Å². The van der Waals surface area contributed by atoms with Crippen LogP contribution in [-0.2, 0) is 4.89 Å². The average molecular weight is 174 g/mol. The van der Waals surface area contributed by atoms with E-state index in [4.69, 9.17) is 5.26 Å². The minimum Gasteiger partial charge on any atom is -0.251 e. The zero-order chi connectivity index (χ0) is 3.41. The highest BCUT2D eigenvalue weighted by Crippen LogP contribution is 1.74. The first-order valence-corrected chi connectivity index (χ1v) is 2.26. The average Bonchev–Trinajstić information content (AvgIpc) is 1.37. The van der Waals surface area contributed by atoms with E-state index in [9.17, 15) is 0 Å². The van der Waals surface area contributed by atoms with Crippen LogP contribution < -0.4 is 0 Å². The van der Waals surface area contributed by atoms with Crippen LogP contribution in [0.3, 0.4) is 0 Å². The minimum atomic E-state index is 0.345. The van der Waals surface area contributed by atoms with Crippen LogP contribution in [0.5, 0.6) is 0 Å². The Kier molecular flexibility index (Phi) is 4.24. The van der Waals surface area contributed by atoms with Gasteiger partial charge in [0.25, 0.3) is 0 Å². The number of alkyl halides is 1. The fourth-order valence-electron chi connectivity index (χ4n) is 0. The van der Waals surface area contributed by atoms with E-state index in [2.05, 4.69) is 4.89 Å². The van der Waals surface area contributed by atoms with Gasteiger partial charge in [0.1, 0.15) is 4.61 Å². The maximum absolute atomic E-state index is 7.37. The molecule has 0 aliphatic heterocycles. The first-order valence-electron chi connectivity index (χ1n) is 0.739. The number of halogens is 1. The molecule has 0 spiro atoms. The molecule has 0 aliphatic carbocycles. The standard InChI is InChI=1S/CH3IO2/c2-1-4-3/h3H,1H2. The van der Waals surface area contributed by atoms with Crippen molar-refractivity contribution in [2.75, 3.05) is 4.61 Å². The molecule has 0 rings (SSSR count). The number of hydrogen-bond acceptors (Lipinski definition) is 2. The van der Waals surface area contributed by atoms with E-state index in [0.717, 1.165) is 0 Å². The number of hydrogen-bond donors (Lipinski definition) is 1. The van der Waals surface area contributed by atoms with Crippen LogP contribution in [0.25, 0.3) is 0 Å². The molecular weight excluding hydrogens is 171 g/mol. The minimum absolute atomic E-state index is 0.345. The lowest BCUT2D eigenvalue weighted by Gasteiger charge is -1.71. The lowest BCUT2D eigenvalue weighted by atomic mass is 11.8. The molecular formula is CH3IO2. The van der Waals surface area contributed by atoms with E-state index in [1.807, 2.05) is 22.6 Å². The zero-order valence-corrected chi connectivity index (χ0v) is 4.10. The Morgan fingerprint density at radius 3 is 2.25 bits per heavy atom. The second-order valence-corrected chi connectivity index (χ2v) is 0.861. The molecule has 0 aromatic heterocycles. The van der Waals surface area contributed by atoms with E-state index in [-0.39, 0.29) is 0 Å². The summed E-state index contributed by atoms with van der Waals surface area (Å²) in [6.45, 7) is 0. The third kappa shape index (κ3) is 2.65. The summed E-state index contributed by atoms with van der Waals surface area (Å²) in [6.07, 6.45) is 0. The summed E-state index contributed by atoms with van der Waals surface area (Å²) in [5.41, 5.74) is 0. The smallest absolute Gasteiger partial charge is 0.133 e. The molecule has 0 bridgehead atoms. The third-order valence-corrected chi connectivity index (χ3v) is 0.327. The quantitative estimate of drug-likeness (QED) is 0.276. The van der Waals surface area contributed by atoms with Gasteiger partial charge in [-0.05, 0) is 0 Å². The molecule has 0 heterocycles. The molecule has 0 fully saturated rings. The monoisotopic (exact) mass is 174 g/mol. The molecule has 0 saturated heterocycles. The summed E-state index contributed by atoms with van der Waals surface area (Å²) < 4.78 is 0.345. The Morgan fingerprint density at radius 1 is 2.00 bits per heavy atom. The molecule has 0 aliphatic rings. The largest absolute Gasteiger partial charge is 0.251 e. The summed E-state index contributed by atoms with van der Waals surface area (Å²) in [5, 5.41) is 7.37. The summed E-state index contributed by atoms with van der Waals surface area (Å²) in [4.78, 5) is 3.53. The van der Waals surface area contributed by atoms with Crippen LogP contribution in [0.2, 0.25) is 0 Å². The van der Waals surface area contributed by atoms with Crippen molar-refractivity contribution in [2.24, 2.45) is 0 Å². The molecule has 26 valence electrons. The highest BCUT2D eigenvalue weighted by Gasteiger charge is 1.56. The van der Waals surface area contributed by atoms with Crippen molar-refractivity contribution in [3.63, 3.8) is 0 Å². The summed E-state index contributed by atoms with van der Waals surface area (Å²) in [5.74, 6) is 0. The summed E-state index contributed by atoms with van der Waals surface area (Å²) >= 11 is 1.88. The number of rotatable bonds is 1. The van der Waals surface area contributed by atoms with E-state index in [1.54, 1.807) is 0 Å². The summed E-state index contributed by atoms with van der Waals surface area (Å²) in [6, 6.07) is 0. The Labute approximate surface area is 37.8 Å². The molecule has 0 radical (unpaired) electrons. The van der Waals surface area contributed by atoms with E-state index < -0.39 is 0 Å². The van der Waals surface area contributed by atoms with Crippen LogP contribution in [0.15, 0.2) is 0 Å². The van der Waals surface area contributed by atoms with Gasteiger partial charge in [-0.15, -0.1) is 0 Å². The van der Waals surface area contributed by atoms with E-state index in [1.165, 1.54) is 0 Å². The van der Waals surface area contributed by atoms with Crippen molar-refractivity contribution in [3.8, 4) is 0 Å². The molecule has 0 saturated carbocycles. The first-order chi connectivity index (χ1) is 1.91. The summed E-state index contributed by atoms with van der Waals surface area (Å²) in [7, 11) is 0. The van der Waals surface area contributed by atoms with Gasteiger partial charge in [0, 0.05) is 0 Å². The van der Waals surface area contributed by atoms with Crippen LogP contribution in [-0.4, -0.2) is 9.87 Å². The molecule has 0 aromatic carbocycles. The van der Waals surface area contributed by atoms with Gasteiger partial charge in [0.2, 0.25) is 0 Å². The van der Waals surface area contributed by atoms with Gasteiger partial charge in [0.05, 0.1) is 0 Å². The second-order valence-electron chi connectivity index (χ2n) is 0.238. The fourth-order valence-corrected chi connectivity index (χ4v) is 0. The highest BCUT2D eigenvalue weighted by atomic mass is 127. The van der Waals surface area contributed by atoms with Crippen molar-refractivity contribution in [1.29, 1.82) is 0 Å². The Bertz CT molecular complexity index is 8.00. The highest BCUT2D eigenvalue weighted by molar-refractivity contribution is 14.1. The normalized spacial score (nSPS) is 7.50. The Morgan fingerprint density at radius 2 is 2.25 bits per heavy atom. The van der Waals surface area contributed by atoms with Crippen LogP contribution in [0.4, 0.5) is 0 Å². The molecule has 3 heteroatoms. The predicted molar refractivity (Wildman–Crippen MR) is 22.6 cm³/mol. The molecule has 1 N–H and O–H groups in total. The lowest BCUT2D eigenvalue weighted by molar-refractivity contribution is -0.218. The Balaban J connectivity index is 1.97. The Hall–Kier alpha value is 0.650. The maximum atomic E-state index is 7.37. The SMILES string of the molecule is OOCI. The maximum Gasteiger partial charge on any atom is 0.133 e.